The summed E-state index contributed by atoms with van der Waals surface area (Å²) < 4.78 is 0. The van der Waals surface area contributed by atoms with Gasteiger partial charge in [-0.3, -0.25) is 19.8 Å². The first-order valence-corrected chi connectivity index (χ1v) is 12.1. The van der Waals surface area contributed by atoms with Crippen molar-refractivity contribution in [1.82, 2.24) is 29.7 Å². The maximum absolute atomic E-state index is 11.4. The lowest BCUT2D eigenvalue weighted by Crippen LogP contribution is -2.35. The number of carboxylic acids is 2. The van der Waals surface area contributed by atoms with Gasteiger partial charge in [-0.25, -0.2) is 19.6 Å². The zero-order chi connectivity index (χ0) is 26.7. The predicted molar refractivity (Wildman–Crippen MR) is 139 cm³/mol. The number of carboxylic acid groups (broad SMARTS) is 2. The van der Waals surface area contributed by atoms with E-state index in [4.69, 9.17) is 0 Å². The first-order chi connectivity index (χ1) is 18.5. The Hall–Kier alpha value is -4.54. The largest absolute Gasteiger partial charge is 0.477 e. The topological polar surface area (TPSA) is 133 Å². The summed E-state index contributed by atoms with van der Waals surface area (Å²) in [5.74, 6) is -2.14. The fourth-order valence-corrected chi connectivity index (χ4v) is 3.98. The molecule has 0 aliphatic rings. The summed E-state index contributed by atoms with van der Waals surface area (Å²) in [5.41, 5.74) is 3.06. The highest BCUT2D eigenvalue weighted by atomic mass is 16.4. The highest BCUT2D eigenvalue weighted by Gasteiger charge is 2.16. The lowest BCUT2D eigenvalue weighted by atomic mass is 10.2. The Balaban J connectivity index is 1.54. The second-order valence-electron chi connectivity index (χ2n) is 8.70. The van der Waals surface area contributed by atoms with E-state index in [1.165, 1.54) is 12.1 Å². The first-order valence-electron chi connectivity index (χ1n) is 12.1. The minimum Gasteiger partial charge on any atom is -0.477 e. The first kappa shape index (κ1) is 26.5. The predicted octanol–water partition coefficient (Wildman–Crippen LogP) is 3.37. The van der Waals surface area contributed by atoms with Crippen LogP contribution in [0.2, 0.25) is 0 Å². The average molecular weight is 513 g/mol. The van der Waals surface area contributed by atoms with E-state index in [9.17, 15) is 19.8 Å². The van der Waals surface area contributed by atoms with E-state index >= 15 is 0 Å². The molecule has 0 bridgehead atoms. The van der Waals surface area contributed by atoms with Gasteiger partial charge in [-0.15, -0.1) is 0 Å². The number of rotatable bonds is 13. The van der Waals surface area contributed by atoms with Crippen molar-refractivity contribution in [3.8, 4) is 0 Å². The third-order valence-electron chi connectivity index (χ3n) is 5.78. The molecule has 0 amide bonds. The standard InChI is InChI=1S/C28H28N6O4/c35-27(36)25-11-5-9-23(31-25)19-33(17-21-7-1-3-13-29-21)15-16-34(18-22-8-2-4-14-30-22)20-24-10-6-12-26(32-24)28(37)38/h1-14H,15-20H2,(H,35,36)(H,37,38). The third-order valence-corrected chi connectivity index (χ3v) is 5.78. The average Bonchev–Trinajstić information content (AvgIpc) is 2.93. The van der Waals surface area contributed by atoms with Gasteiger partial charge in [-0.05, 0) is 48.5 Å². The fraction of sp³-hybridized carbons (Fsp3) is 0.214. The van der Waals surface area contributed by atoms with Gasteiger partial charge in [0.25, 0.3) is 0 Å². The fourth-order valence-electron chi connectivity index (χ4n) is 3.98. The molecule has 194 valence electrons. The number of hydrogen-bond acceptors (Lipinski definition) is 8. The molecule has 38 heavy (non-hydrogen) atoms. The van der Waals surface area contributed by atoms with Gasteiger partial charge in [-0.2, -0.15) is 0 Å². The zero-order valence-electron chi connectivity index (χ0n) is 20.7. The van der Waals surface area contributed by atoms with Gasteiger partial charge in [0.2, 0.25) is 0 Å². The summed E-state index contributed by atoms with van der Waals surface area (Å²) in [6.07, 6.45) is 3.48. The molecular weight excluding hydrogens is 484 g/mol. The van der Waals surface area contributed by atoms with Crippen LogP contribution in [0.5, 0.6) is 0 Å². The Kier molecular flexibility index (Phi) is 9.17. The van der Waals surface area contributed by atoms with E-state index in [0.717, 1.165) is 11.4 Å². The quantitative estimate of drug-likeness (QED) is 0.275. The minimum atomic E-state index is -1.07. The summed E-state index contributed by atoms with van der Waals surface area (Å²) >= 11 is 0. The van der Waals surface area contributed by atoms with Gasteiger partial charge in [0, 0.05) is 51.7 Å². The molecule has 10 nitrogen and oxygen atoms in total. The summed E-state index contributed by atoms with van der Waals surface area (Å²) in [4.78, 5) is 44.6. The molecule has 0 atom stereocenters. The molecule has 0 spiro atoms. The molecule has 0 saturated carbocycles. The van der Waals surface area contributed by atoms with Crippen LogP contribution in [0.4, 0.5) is 0 Å². The van der Waals surface area contributed by atoms with E-state index in [2.05, 4.69) is 29.7 Å². The highest BCUT2D eigenvalue weighted by molar-refractivity contribution is 5.85. The van der Waals surface area contributed by atoms with E-state index in [0.29, 0.717) is 50.7 Å². The second kappa shape index (κ2) is 13.1. The number of aromatic nitrogens is 4. The van der Waals surface area contributed by atoms with Crippen LogP contribution < -0.4 is 0 Å². The van der Waals surface area contributed by atoms with Gasteiger partial charge in [0.05, 0.1) is 22.8 Å². The molecule has 0 saturated heterocycles. The highest BCUT2D eigenvalue weighted by Crippen LogP contribution is 2.12. The maximum atomic E-state index is 11.4. The van der Waals surface area contributed by atoms with Gasteiger partial charge in [-0.1, -0.05) is 24.3 Å². The van der Waals surface area contributed by atoms with Gasteiger partial charge in [0.15, 0.2) is 0 Å². The number of hydrogen-bond donors (Lipinski definition) is 2. The number of nitrogens with zero attached hydrogens (tertiary/aromatic N) is 6. The van der Waals surface area contributed by atoms with Crippen LogP contribution in [-0.2, 0) is 26.2 Å². The summed E-state index contributed by atoms with van der Waals surface area (Å²) in [6, 6.07) is 21.4. The lowest BCUT2D eigenvalue weighted by Gasteiger charge is -2.27. The molecule has 0 aliphatic carbocycles. The second-order valence-corrected chi connectivity index (χ2v) is 8.70. The van der Waals surface area contributed by atoms with E-state index in [1.807, 2.05) is 48.5 Å². The Morgan fingerprint density at radius 1 is 0.553 bits per heavy atom. The van der Waals surface area contributed by atoms with Crippen molar-refractivity contribution in [2.45, 2.75) is 26.2 Å². The zero-order valence-corrected chi connectivity index (χ0v) is 20.7. The van der Waals surface area contributed by atoms with E-state index in [-0.39, 0.29) is 11.4 Å². The van der Waals surface area contributed by atoms with E-state index in [1.54, 1.807) is 24.5 Å². The molecule has 10 heteroatoms. The van der Waals surface area contributed by atoms with Crippen LogP contribution in [0.1, 0.15) is 43.8 Å². The van der Waals surface area contributed by atoms with Crippen LogP contribution in [0.3, 0.4) is 0 Å². The van der Waals surface area contributed by atoms with E-state index < -0.39 is 11.9 Å². The van der Waals surface area contributed by atoms with Crippen molar-refractivity contribution in [3.05, 3.63) is 119 Å². The van der Waals surface area contributed by atoms with Crippen molar-refractivity contribution in [3.63, 3.8) is 0 Å². The van der Waals surface area contributed by atoms with Crippen molar-refractivity contribution in [2.24, 2.45) is 0 Å². The molecular formula is C28H28N6O4. The Labute approximate surface area is 220 Å². The molecule has 0 aromatic carbocycles. The van der Waals surface area contributed by atoms with Crippen molar-refractivity contribution in [2.75, 3.05) is 13.1 Å². The van der Waals surface area contributed by atoms with Crippen LogP contribution in [0.25, 0.3) is 0 Å². The number of pyridine rings is 4. The molecule has 4 heterocycles. The lowest BCUT2D eigenvalue weighted by molar-refractivity contribution is 0.0679. The van der Waals surface area contributed by atoms with Crippen molar-refractivity contribution >= 4 is 11.9 Å². The number of carbonyl (C=O) groups is 2. The monoisotopic (exact) mass is 512 g/mol. The van der Waals surface area contributed by atoms with Crippen LogP contribution in [-0.4, -0.2) is 65.0 Å². The van der Waals surface area contributed by atoms with Crippen LogP contribution >= 0.6 is 0 Å². The minimum absolute atomic E-state index is 0.00134. The summed E-state index contributed by atoms with van der Waals surface area (Å²) in [6.45, 7) is 3.18. The molecule has 2 N–H and O–H groups in total. The molecule has 0 aliphatic heterocycles. The van der Waals surface area contributed by atoms with Gasteiger partial charge < -0.3 is 10.2 Å². The summed E-state index contributed by atoms with van der Waals surface area (Å²) in [7, 11) is 0. The third kappa shape index (κ3) is 7.99. The van der Waals surface area contributed by atoms with Gasteiger partial charge in [0.1, 0.15) is 11.4 Å². The molecule has 0 unspecified atom stereocenters. The molecule has 4 aromatic rings. The van der Waals surface area contributed by atoms with Crippen LogP contribution in [0.15, 0.2) is 85.2 Å². The Morgan fingerprint density at radius 3 is 1.32 bits per heavy atom. The maximum Gasteiger partial charge on any atom is 0.354 e. The SMILES string of the molecule is O=C(O)c1cccc(CN(CCN(Cc2ccccn2)Cc2cccc(C(=O)O)n2)Cc2ccccn2)n1. The molecule has 0 radical (unpaired) electrons. The van der Waals surface area contributed by atoms with Crippen LogP contribution in [0, 0.1) is 0 Å². The Morgan fingerprint density at radius 2 is 0.947 bits per heavy atom. The van der Waals surface area contributed by atoms with Crippen molar-refractivity contribution < 1.29 is 19.8 Å². The molecule has 4 aromatic heterocycles. The van der Waals surface area contributed by atoms with Crippen molar-refractivity contribution in [1.29, 1.82) is 0 Å². The smallest absolute Gasteiger partial charge is 0.354 e. The molecule has 0 fully saturated rings. The Bertz CT molecular complexity index is 1250. The normalized spacial score (nSPS) is 11.1. The molecule has 4 rings (SSSR count). The number of aromatic carboxylic acids is 2. The summed E-state index contributed by atoms with van der Waals surface area (Å²) in [5, 5.41) is 18.7. The van der Waals surface area contributed by atoms with Gasteiger partial charge >= 0.3 is 11.9 Å².